The molecule has 2 heterocycles. The van der Waals surface area contributed by atoms with Gasteiger partial charge in [0.2, 0.25) is 0 Å². The number of rotatable bonds is 3. The molecule has 1 fully saturated rings. The average Bonchev–Trinajstić information content (AvgIpc) is 2.45. The number of amides is 1. The number of hydrogen-bond acceptors (Lipinski definition) is 5. The first-order chi connectivity index (χ1) is 9.94. The molecule has 1 aromatic rings. The fraction of sp³-hybridized carbons (Fsp3) is 0.667. The second-order valence-corrected chi connectivity index (χ2v) is 6.28. The summed E-state index contributed by atoms with van der Waals surface area (Å²) in [6.45, 7) is 7.55. The molecule has 0 unspecified atom stereocenters. The number of hydrogen-bond donors (Lipinski definition) is 0. The first kappa shape index (κ1) is 15.5. The van der Waals surface area contributed by atoms with E-state index >= 15 is 0 Å². The molecule has 6 nitrogen and oxygen atoms in total. The van der Waals surface area contributed by atoms with Crippen molar-refractivity contribution in [2.45, 2.75) is 39.2 Å². The molecule has 0 bridgehead atoms. The Morgan fingerprint density at radius 2 is 2.10 bits per heavy atom. The lowest BCUT2D eigenvalue weighted by Crippen LogP contribution is -2.44. The van der Waals surface area contributed by atoms with Gasteiger partial charge in [-0.25, -0.2) is 14.8 Å². The predicted molar refractivity (Wildman–Crippen MR) is 78.1 cm³/mol. The summed E-state index contributed by atoms with van der Waals surface area (Å²) in [5, 5.41) is 0. The van der Waals surface area contributed by atoms with E-state index in [2.05, 4.69) is 9.97 Å². The Balaban J connectivity index is 1.82. The van der Waals surface area contributed by atoms with Crippen LogP contribution in [-0.2, 0) is 4.74 Å². The van der Waals surface area contributed by atoms with Gasteiger partial charge in [0.15, 0.2) is 0 Å². The number of nitrogens with zero attached hydrogens (tertiary/aromatic N) is 3. The third kappa shape index (κ3) is 5.21. The summed E-state index contributed by atoms with van der Waals surface area (Å²) in [5.74, 6) is 0.287. The first-order valence-corrected chi connectivity index (χ1v) is 7.32. The van der Waals surface area contributed by atoms with Gasteiger partial charge in [0.1, 0.15) is 5.60 Å². The maximum Gasteiger partial charge on any atom is 0.410 e. The van der Waals surface area contributed by atoms with Crippen LogP contribution in [0.2, 0.25) is 0 Å². The molecule has 1 aliphatic heterocycles. The molecule has 0 saturated carbocycles. The monoisotopic (exact) mass is 293 g/mol. The Kier molecular flexibility index (Phi) is 4.98. The topological polar surface area (TPSA) is 64.5 Å². The van der Waals surface area contributed by atoms with E-state index in [1.54, 1.807) is 23.4 Å². The Labute approximate surface area is 125 Å². The summed E-state index contributed by atoms with van der Waals surface area (Å²) in [6, 6.07) is 2.13. The summed E-state index contributed by atoms with van der Waals surface area (Å²) in [4.78, 5) is 21.9. The lowest BCUT2D eigenvalue weighted by molar-refractivity contribution is 0.0137. The number of carbonyl (C=O) groups excluding carboxylic acids is 1. The van der Waals surface area contributed by atoms with Crippen molar-refractivity contribution in [3.63, 3.8) is 0 Å². The molecule has 1 atom stereocenters. The average molecular weight is 293 g/mol. The molecule has 1 saturated heterocycles. The molecule has 21 heavy (non-hydrogen) atoms. The van der Waals surface area contributed by atoms with Gasteiger partial charge in [-0.2, -0.15) is 0 Å². The van der Waals surface area contributed by atoms with E-state index in [0.29, 0.717) is 19.2 Å². The second kappa shape index (κ2) is 6.74. The summed E-state index contributed by atoms with van der Waals surface area (Å²) >= 11 is 0. The van der Waals surface area contributed by atoms with Crippen LogP contribution in [0.3, 0.4) is 0 Å². The summed E-state index contributed by atoms with van der Waals surface area (Å²) in [5.41, 5.74) is -0.460. The number of carbonyl (C=O) groups is 1. The maximum atomic E-state index is 12.1. The van der Waals surface area contributed by atoms with Gasteiger partial charge in [-0.3, -0.25) is 0 Å². The maximum absolute atomic E-state index is 12.1. The molecule has 1 amide bonds. The van der Waals surface area contributed by atoms with Gasteiger partial charge in [-0.05, 0) is 39.7 Å². The SMILES string of the molecule is CC(C)(C)OC(=O)N1CCC[C@H](COc2ncccn2)C1. The Morgan fingerprint density at radius 1 is 1.38 bits per heavy atom. The minimum atomic E-state index is -0.460. The van der Waals surface area contributed by atoms with Gasteiger partial charge < -0.3 is 14.4 Å². The highest BCUT2D eigenvalue weighted by molar-refractivity contribution is 5.68. The Morgan fingerprint density at radius 3 is 2.76 bits per heavy atom. The number of likely N-dealkylation sites (tertiary alicyclic amines) is 1. The lowest BCUT2D eigenvalue weighted by atomic mass is 9.99. The van der Waals surface area contributed by atoms with E-state index in [4.69, 9.17) is 9.47 Å². The molecule has 0 spiro atoms. The van der Waals surface area contributed by atoms with Crippen LogP contribution in [0.1, 0.15) is 33.6 Å². The molecule has 2 rings (SSSR count). The number of aromatic nitrogens is 2. The molecule has 0 N–H and O–H groups in total. The molecule has 1 aliphatic rings. The fourth-order valence-corrected chi connectivity index (χ4v) is 2.25. The van der Waals surface area contributed by atoms with Gasteiger partial charge in [-0.15, -0.1) is 0 Å². The molecule has 1 aromatic heterocycles. The predicted octanol–water partition coefficient (Wildman–Crippen LogP) is 2.50. The van der Waals surface area contributed by atoms with Crippen molar-refractivity contribution in [2.75, 3.05) is 19.7 Å². The van der Waals surface area contributed by atoms with E-state index in [1.807, 2.05) is 20.8 Å². The van der Waals surface area contributed by atoms with Gasteiger partial charge in [0, 0.05) is 31.4 Å². The van der Waals surface area contributed by atoms with Crippen LogP contribution < -0.4 is 4.74 Å². The van der Waals surface area contributed by atoms with Crippen LogP contribution in [0.25, 0.3) is 0 Å². The minimum absolute atomic E-state index is 0.247. The van der Waals surface area contributed by atoms with E-state index in [-0.39, 0.29) is 12.0 Å². The van der Waals surface area contributed by atoms with Crippen LogP contribution in [0.5, 0.6) is 6.01 Å². The largest absolute Gasteiger partial charge is 0.463 e. The van der Waals surface area contributed by atoms with Crippen molar-refractivity contribution in [1.82, 2.24) is 14.9 Å². The zero-order valence-electron chi connectivity index (χ0n) is 12.9. The Hall–Kier alpha value is -1.85. The number of piperidine rings is 1. The quantitative estimate of drug-likeness (QED) is 0.856. The standard InChI is InChI=1S/C15H23N3O3/c1-15(2,3)21-14(19)18-9-4-6-12(10-18)11-20-13-16-7-5-8-17-13/h5,7-8,12H,4,6,9-11H2,1-3H3/t12-/m0/s1. The zero-order valence-corrected chi connectivity index (χ0v) is 12.9. The van der Waals surface area contributed by atoms with Crippen molar-refractivity contribution in [1.29, 1.82) is 0 Å². The normalized spacial score (nSPS) is 19.2. The number of ether oxygens (including phenoxy) is 2. The van der Waals surface area contributed by atoms with Gasteiger partial charge in [-0.1, -0.05) is 0 Å². The van der Waals surface area contributed by atoms with Crippen LogP contribution in [-0.4, -0.2) is 46.3 Å². The van der Waals surface area contributed by atoms with E-state index in [0.717, 1.165) is 19.4 Å². The highest BCUT2D eigenvalue weighted by Crippen LogP contribution is 2.19. The molecular formula is C15H23N3O3. The fourth-order valence-electron chi connectivity index (χ4n) is 2.25. The van der Waals surface area contributed by atoms with Crippen molar-refractivity contribution >= 4 is 6.09 Å². The summed E-state index contributed by atoms with van der Waals surface area (Å²) in [6.07, 6.45) is 5.05. The van der Waals surface area contributed by atoms with Gasteiger partial charge in [0.05, 0.1) is 6.61 Å². The highest BCUT2D eigenvalue weighted by atomic mass is 16.6. The molecule has 0 aromatic carbocycles. The van der Waals surface area contributed by atoms with Crippen molar-refractivity contribution < 1.29 is 14.3 Å². The van der Waals surface area contributed by atoms with Gasteiger partial charge >= 0.3 is 12.1 Å². The smallest absolute Gasteiger partial charge is 0.410 e. The Bertz CT molecular complexity index is 459. The molecule has 6 heteroatoms. The second-order valence-electron chi connectivity index (χ2n) is 6.28. The van der Waals surface area contributed by atoms with Crippen molar-refractivity contribution in [3.8, 4) is 6.01 Å². The summed E-state index contributed by atoms with van der Waals surface area (Å²) in [7, 11) is 0. The van der Waals surface area contributed by atoms with Crippen LogP contribution in [0.15, 0.2) is 18.5 Å². The third-order valence-electron chi connectivity index (χ3n) is 3.16. The minimum Gasteiger partial charge on any atom is -0.463 e. The molecule has 0 radical (unpaired) electrons. The zero-order chi connectivity index (χ0) is 15.3. The van der Waals surface area contributed by atoms with Crippen LogP contribution >= 0.6 is 0 Å². The van der Waals surface area contributed by atoms with Crippen LogP contribution in [0.4, 0.5) is 4.79 Å². The molecule has 116 valence electrons. The van der Waals surface area contributed by atoms with Crippen LogP contribution in [0, 0.1) is 5.92 Å². The molecule has 0 aliphatic carbocycles. The highest BCUT2D eigenvalue weighted by Gasteiger charge is 2.27. The van der Waals surface area contributed by atoms with E-state index in [1.165, 1.54) is 0 Å². The van der Waals surface area contributed by atoms with E-state index in [9.17, 15) is 4.79 Å². The first-order valence-electron chi connectivity index (χ1n) is 7.32. The van der Waals surface area contributed by atoms with Crippen molar-refractivity contribution in [2.24, 2.45) is 5.92 Å². The third-order valence-corrected chi connectivity index (χ3v) is 3.16. The van der Waals surface area contributed by atoms with Gasteiger partial charge in [0.25, 0.3) is 0 Å². The lowest BCUT2D eigenvalue weighted by Gasteiger charge is -2.33. The van der Waals surface area contributed by atoms with E-state index < -0.39 is 5.60 Å². The summed E-state index contributed by atoms with van der Waals surface area (Å²) < 4.78 is 11.0. The molecular weight excluding hydrogens is 270 g/mol. The van der Waals surface area contributed by atoms with Crippen molar-refractivity contribution in [3.05, 3.63) is 18.5 Å².